The summed E-state index contributed by atoms with van der Waals surface area (Å²) in [5.74, 6) is 0.144. The second kappa shape index (κ2) is 10.8. The number of amides is 1. The third-order valence-corrected chi connectivity index (χ3v) is 9.31. The SMILES string of the molecule is Cc1ccc(S(=O)(=O)N2CCCCC2C)cc1C(=O)NCC(C1CCOC1)N1CCOCC1. The van der Waals surface area contributed by atoms with E-state index >= 15 is 0 Å². The van der Waals surface area contributed by atoms with E-state index in [1.54, 1.807) is 22.5 Å². The third-order valence-electron chi connectivity index (χ3n) is 7.30. The van der Waals surface area contributed by atoms with Gasteiger partial charge in [-0.25, -0.2) is 8.42 Å². The minimum atomic E-state index is -3.63. The highest BCUT2D eigenvalue weighted by atomic mass is 32.2. The predicted octanol–water partition coefficient (Wildman–Crippen LogP) is 2.03. The Morgan fingerprint density at radius 1 is 1.12 bits per heavy atom. The fourth-order valence-electron chi connectivity index (χ4n) is 5.22. The second-order valence-corrected chi connectivity index (χ2v) is 11.4. The van der Waals surface area contributed by atoms with Crippen molar-refractivity contribution in [2.24, 2.45) is 5.92 Å². The minimum absolute atomic E-state index is 0.0229. The van der Waals surface area contributed by atoms with Crippen LogP contribution in [0.15, 0.2) is 23.1 Å². The first-order valence-corrected chi connectivity index (χ1v) is 13.6. The molecule has 33 heavy (non-hydrogen) atoms. The lowest BCUT2D eigenvalue weighted by Crippen LogP contribution is -2.52. The first kappa shape index (κ1) is 24.6. The summed E-state index contributed by atoms with van der Waals surface area (Å²) < 4.78 is 39.3. The lowest BCUT2D eigenvalue weighted by atomic mass is 9.96. The topological polar surface area (TPSA) is 88.2 Å². The van der Waals surface area contributed by atoms with Crippen LogP contribution in [0.3, 0.4) is 0 Å². The van der Waals surface area contributed by atoms with Gasteiger partial charge < -0.3 is 14.8 Å². The zero-order valence-corrected chi connectivity index (χ0v) is 20.6. The molecule has 3 saturated heterocycles. The number of piperidine rings is 1. The number of aryl methyl sites for hydroxylation is 1. The van der Waals surface area contributed by atoms with Gasteiger partial charge >= 0.3 is 0 Å². The molecule has 0 radical (unpaired) electrons. The van der Waals surface area contributed by atoms with Gasteiger partial charge in [0.05, 0.1) is 24.7 Å². The van der Waals surface area contributed by atoms with Crippen molar-refractivity contribution in [1.29, 1.82) is 0 Å². The summed E-state index contributed by atoms with van der Waals surface area (Å²) in [6.07, 6.45) is 3.77. The predicted molar refractivity (Wildman–Crippen MR) is 126 cm³/mol. The Bertz CT molecular complexity index is 926. The molecule has 0 spiro atoms. The summed E-state index contributed by atoms with van der Waals surface area (Å²) in [7, 11) is -3.63. The van der Waals surface area contributed by atoms with Gasteiger partial charge in [-0.1, -0.05) is 12.5 Å². The lowest BCUT2D eigenvalue weighted by molar-refractivity contribution is 0.00166. The van der Waals surface area contributed by atoms with E-state index in [-0.39, 0.29) is 22.9 Å². The number of morpholine rings is 1. The van der Waals surface area contributed by atoms with E-state index < -0.39 is 10.0 Å². The van der Waals surface area contributed by atoms with Gasteiger partial charge in [0.15, 0.2) is 0 Å². The summed E-state index contributed by atoms with van der Waals surface area (Å²) in [4.78, 5) is 15.8. The monoisotopic (exact) mass is 479 g/mol. The van der Waals surface area contributed by atoms with Gasteiger partial charge in [0, 0.05) is 56.4 Å². The molecule has 184 valence electrons. The van der Waals surface area contributed by atoms with E-state index in [0.29, 0.717) is 44.4 Å². The number of nitrogens with zero attached hydrogens (tertiary/aromatic N) is 2. The number of ether oxygens (including phenoxy) is 2. The Labute approximate surface area is 197 Å². The summed E-state index contributed by atoms with van der Waals surface area (Å²) in [6, 6.07) is 5.06. The summed E-state index contributed by atoms with van der Waals surface area (Å²) in [5.41, 5.74) is 1.19. The van der Waals surface area contributed by atoms with Crippen LogP contribution >= 0.6 is 0 Å². The quantitative estimate of drug-likeness (QED) is 0.644. The van der Waals surface area contributed by atoms with Gasteiger partial charge in [-0.3, -0.25) is 9.69 Å². The Morgan fingerprint density at radius 2 is 1.91 bits per heavy atom. The van der Waals surface area contributed by atoms with Crippen LogP contribution in [-0.4, -0.2) is 88.2 Å². The van der Waals surface area contributed by atoms with Crippen LogP contribution < -0.4 is 5.32 Å². The Balaban J connectivity index is 1.49. The average molecular weight is 480 g/mol. The first-order valence-electron chi connectivity index (χ1n) is 12.2. The zero-order chi connectivity index (χ0) is 23.4. The molecule has 4 rings (SSSR count). The molecule has 9 heteroatoms. The Morgan fingerprint density at radius 3 is 2.61 bits per heavy atom. The molecule has 1 aromatic carbocycles. The van der Waals surface area contributed by atoms with Gasteiger partial charge in [-0.05, 0) is 50.8 Å². The largest absolute Gasteiger partial charge is 0.381 e. The van der Waals surface area contributed by atoms with Crippen LogP contribution in [0.1, 0.15) is 48.5 Å². The van der Waals surface area contributed by atoms with Crippen LogP contribution in [0, 0.1) is 12.8 Å². The van der Waals surface area contributed by atoms with Crippen molar-refractivity contribution in [2.75, 3.05) is 52.6 Å². The highest BCUT2D eigenvalue weighted by molar-refractivity contribution is 7.89. The van der Waals surface area contributed by atoms with E-state index in [1.165, 1.54) is 0 Å². The molecule has 3 fully saturated rings. The highest BCUT2D eigenvalue weighted by Gasteiger charge is 2.33. The van der Waals surface area contributed by atoms with Crippen LogP contribution in [0.4, 0.5) is 0 Å². The molecule has 3 unspecified atom stereocenters. The molecule has 0 bridgehead atoms. The number of rotatable bonds is 7. The van der Waals surface area contributed by atoms with Crippen LogP contribution in [0.2, 0.25) is 0 Å². The number of hydrogen-bond acceptors (Lipinski definition) is 6. The average Bonchev–Trinajstić information content (AvgIpc) is 3.35. The van der Waals surface area contributed by atoms with Crippen molar-refractivity contribution in [3.8, 4) is 0 Å². The minimum Gasteiger partial charge on any atom is -0.381 e. The molecule has 0 aromatic heterocycles. The molecule has 1 N–H and O–H groups in total. The van der Waals surface area contributed by atoms with Crippen LogP contribution in [-0.2, 0) is 19.5 Å². The normalized spacial score (nSPS) is 26.2. The summed E-state index contributed by atoms with van der Waals surface area (Å²) in [6.45, 7) is 9.39. The van der Waals surface area contributed by atoms with E-state index in [9.17, 15) is 13.2 Å². The number of hydrogen-bond donors (Lipinski definition) is 1. The molecule has 3 heterocycles. The second-order valence-electron chi connectivity index (χ2n) is 9.49. The zero-order valence-electron chi connectivity index (χ0n) is 19.8. The van der Waals surface area contributed by atoms with Crippen LogP contribution in [0.5, 0.6) is 0 Å². The van der Waals surface area contributed by atoms with E-state index in [4.69, 9.17) is 9.47 Å². The van der Waals surface area contributed by atoms with Gasteiger partial charge in [0.25, 0.3) is 5.91 Å². The fourth-order valence-corrected chi connectivity index (χ4v) is 6.95. The van der Waals surface area contributed by atoms with E-state index in [1.807, 2.05) is 13.8 Å². The molecule has 3 atom stereocenters. The van der Waals surface area contributed by atoms with Gasteiger partial charge in [0.2, 0.25) is 10.0 Å². The maximum absolute atomic E-state index is 13.3. The number of carbonyl (C=O) groups is 1. The molecule has 3 aliphatic heterocycles. The maximum atomic E-state index is 13.3. The molecule has 0 saturated carbocycles. The maximum Gasteiger partial charge on any atom is 0.251 e. The Hall–Kier alpha value is -1.52. The highest BCUT2D eigenvalue weighted by Crippen LogP contribution is 2.27. The molecular weight excluding hydrogens is 442 g/mol. The number of benzene rings is 1. The smallest absolute Gasteiger partial charge is 0.251 e. The third kappa shape index (κ3) is 5.59. The van der Waals surface area contributed by atoms with E-state index in [2.05, 4.69) is 10.2 Å². The molecule has 0 aliphatic carbocycles. The first-order chi connectivity index (χ1) is 15.9. The van der Waals surface area contributed by atoms with Gasteiger partial charge in [-0.2, -0.15) is 4.31 Å². The molecule has 1 amide bonds. The molecule has 3 aliphatic rings. The molecular formula is C24H37N3O5S. The van der Waals surface area contributed by atoms with Crippen molar-refractivity contribution in [1.82, 2.24) is 14.5 Å². The van der Waals surface area contributed by atoms with Crippen molar-refractivity contribution in [3.05, 3.63) is 29.3 Å². The molecule has 1 aromatic rings. The van der Waals surface area contributed by atoms with Crippen molar-refractivity contribution in [3.63, 3.8) is 0 Å². The summed E-state index contributed by atoms with van der Waals surface area (Å²) in [5, 5.41) is 3.10. The number of nitrogens with one attached hydrogen (secondary N) is 1. The van der Waals surface area contributed by atoms with Gasteiger partial charge in [-0.15, -0.1) is 0 Å². The van der Waals surface area contributed by atoms with Crippen LogP contribution in [0.25, 0.3) is 0 Å². The molecule has 8 nitrogen and oxygen atoms in total. The van der Waals surface area contributed by atoms with Crippen molar-refractivity contribution in [2.45, 2.75) is 56.5 Å². The van der Waals surface area contributed by atoms with Gasteiger partial charge in [0.1, 0.15) is 0 Å². The summed E-state index contributed by atoms with van der Waals surface area (Å²) >= 11 is 0. The van der Waals surface area contributed by atoms with E-state index in [0.717, 1.165) is 50.9 Å². The number of sulfonamides is 1. The Kier molecular flexibility index (Phi) is 8.07. The van der Waals surface area contributed by atoms with Crippen molar-refractivity contribution >= 4 is 15.9 Å². The van der Waals surface area contributed by atoms with Crippen molar-refractivity contribution < 1.29 is 22.7 Å². The fraction of sp³-hybridized carbons (Fsp3) is 0.708. The standard InChI is InChI=1S/C24H37N3O5S/c1-18-6-7-21(33(29,30)27-9-4-3-5-19(27)2)15-22(18)24(28)25-16-23(20-8-12-32-17-20)26-10-13-31-14-11-26/h6-7,15,19-20,23H,3-5,8-14,16-17H2,1-2H3,(H,25,28). The number of carbonyl (C=O) groups excluding carboxylic acids is 1. The lowest BCUT2D eigenvalue weighted by Gasteiger charge is -2.37.